The lowest BCUT2D eigenvalue weighted by Crippen LogP contribution is -2.53. The first-order valence-corrected chi connectivity index (χ1v) is 5.59. The number of nitrogens with zero attached hydrogens (tertiary/aromatic N) is 2. The maximum absolute atomic E-state index is 12.0. The average molecular weight is 213 g/mol. The minimum atomic E-state index is -0.0659. The molecule has 0 radical (unpaired) electrons. The molecule has 1 heterocycles. The van der Waals surface area contributed by atoms with Crippen molar-refractivity contribution in [1.82, 2.24) is 15.1 Å². The molecule has 0 aliphatic carbocycles. The van der Waals surface area contributed by atoms with Crippen LogP contribution in [-0.2, 0) is 4.79 Å². The Balaban J connectivity index is 2.67. The summed E-state index contributed by atoms with van der Waals surface area (Å²) in [5, 5.41) is 3.37. The Hall–Kier alpha value is -0.610. The molecule has 0 saturated carbocycles. The molecule has 1 fully saturated rings. The third-order valence-corrected chi connectivity index (χ3v) is 2.78. The number of carbonyl (C=O) groups excluding carboxylic acids is 1. The van der Waals surface area contributed by atoms with Gasteiger partial charge in [-0.3, -0.25) is 4.79 Å². The first-order chi connectivity index (χ1) is 6.93. The molecule has 1 aliphatic heterocycles. The van der Waals surface area contributed by atoms with Crippen LogP contribution in [0.15, 0.2) is 0 Å². The van der Waals surface area contributed by atoms with Crippen molar-refractivity contribution >= 4 is 5.91 Å². The van der Waals surface area contributed by atoms with E-state index in [-0.39, 0.29) is 11.4 Å². The summed E-state index contributed by atoms with van der Waals surface area (Å²) in [6, 6.07) is 0. The largest absolute Gasteiger partial charge is 0.335 e. The number of amides is 1. The van der Waals surface area contributed by atoms with Crippen LogP contribution in [0.3, 0.4) is 0 Å². The van der Waals surface area contributed by atoms with E-state index in [2.05, 4.69) is 19.2 Å². The highest BCUT2D eigenvalue weighted by atomic mass is 16.2. The van der Waals surface area contributed by atoms with Crippen molar-refractivity contribution in [2.75, 3.05) is 40.3 Å². The molecule has 4 heteroatoms. The fourth-order valence-electron chi connectivity index (χ4n) is 1.97. The van der Waals surface area contributed by atoms with Gasteiger partial charge in [0.2, 0.25) is 5.91 Å². The lowest BCUT2D eigenvalue weighted by atomic mass is 10.0. The summed E-state index contributed by atoms with van der Waals surface area (Å²) >= 11 is 0. The average Bonchev–Trinajstić information content (AvgIpc) is 2.24. The molecule has 1 amide bonds. The summed E-state index contributed by atoms with van der Waals surface area (Å²) in [4.78, 5) is 16.0. The van der Waals surface area contributed by atoms with Gasteiger partial charge in [-0.2, -0.15) is 0 Å². The van der Waals surface area contributed by atoms with Crippen LogP contribution in [0.5, 0.6) is 0 Å². The second-order valence-electron chi connectivity index (χ2n) is 5.13. The molecule has 1 rings (SSSR count). The second-order valence-corrected chi connectivity index (χ2v) is 5.13. The Bertz CT molecular complexity index is 226. The van der Waals surface area contributed by atoms with Crippen molar-refractivity contribution in [3.05, 3.63) is 0 Å². The summed E-state index contributed by atoms with van der Waals surface area (Å²) in [6.45, 7) is 7.51. The molecule has 4 nitrogen and oxygen atoms in total. The zero-order valence-electron chi connectivity index (χ0n) is 10.3. The highest BCUT2D eigenvalue weighted by Gasteiger charge is 2.31. The lowest BCUT2D eigenvalue weighted by molar-refractivity contribution is -0.136. The van der Waals surface area contributed by atoms with Gasteiger partial charge in [0, 0.05) is 18.6 Å². The van der Waals surface area contributed by atoms with Crippen LogP contribution >= 0.6 is 0 Å². The van der Waals surface area contributed by atoms with Crippen LogP contribution in [-0.4, -0.2) is 61.5 Å². The van der Waals surface area contributed by atoms with E-state index in [0.717, 1.165) is 26.1 Å². The molecule has 0 unspecified atom stereocenters. The number of likely N-dealkylation sites (N-methyl/N-ethyl adjacent to an activating group) is 1. The van der Waals surface area contributed by atoms with Gasteiger partial charge in [-0.15, -0.1) is 0 Å². The van der Waals surface area contributed by atoms with Crippen molar-refractivity contribution in [1.29, 1.82) is 0 Å². The molecule has 88 valence electrons. The van der Waals surface area contributed by atoms with Crippen molar-refractivity contribution in [2.24, 2.45) is 0 Å². The van der Waals surface area contributed by atoms with Gasteiger partial charge in [0.05, 0.1) is 6.54 Å². The minimum absolute atomic E-state index is 0.0659. The Morgan fingerprint density at radius 1 is 1.47 bits per heavy atom. The minimum Gasteiger partial charge on any atom is -0.335 e. The molecule has 1 aliphatic rings. The van der Waals surface area contributed by atoms with Gasteiger partial charge in [-0.1, -0.05) is 0 Å². The Morgan fingerprint density at radius 2 is 2.13 bits per heavy atom. The van der Waals surface area contributed by atoms with E-state index in [1.165, 1.54) is 0 Å². The van der Waals surface area contributed by atoms with Crippen molar-refractivity contribution in [3.8, 4) is 0 Å². The summed E-state index contributed by atoms with van der Waals surface area (Å²) < 4.78 is 0. The maximum atomic E-state index is 12.0. The smallest absolute Gasteiger partial charge is 0.237 e. The molecule has 1 saturated heterocycles. The highest BCUT2D eigenvalue weighted by Crippen LogP contribution is 2.16. The Morgan fingerprint density at radius 3 is 2.73 bits per heavy atom. The standard InChI is InChI=1S/C11H23N3O/c1-11(2)9-12-6-5-7-14(11)10(15)8-13(3)4/h12H,5-9H2,1-4H3. The normalized spacial score (nSPS) is 21.5. The zero-order chi connectivity index (χ0) is 11.5. The van der Waals surface area contributed by atoms with Crippen molar-refractivity contribution < 1.29 is 4.79 Å². The fourth-order valence-corrected chi connectivity index (χ4v) is 1.97. The van der Waals surface area contributed by atoms with Crippen LogP contribution in [0, 0.1) is 0 Å². The lowest BCUT2D eigenvalue weighted by Gasteiger charge is -2.37. The van der Waals surface area contributed by atoms with E-state index in [4.69, 9.17) is 0 Å². The first kappa shape index (κ1) is 12.5. The third kappa shape index (κ3) is 3.47. The second kappa shape index (κ2) is 4.94. The number of hydrogen-bond acceptors (Lipinski definition) is 3. The van der Waals surface area contributed by atoms with Crippen LogP contribution in [0.1, 0.15) is 20.3 Å². The SMILES string of the molecule is CN(C)CC(=O)N1CCCNCC1(C)C. The van der Waals surface area contributed by atoms with Gasteiger partial charge in [0.15, 0.2) is 0 Å². The Labute approximate surface area is 92.6 Å². The molecular weight excluding hydrogens is 190 g/mol. The van der Waals surface area contributed by atoms with Crippen LogP contribution in [0.25, 0.3) is 0 Å². The van der Waals surface area contributed by atoms with E-state index < -0.39 is 0 Å². The monoisotopic (exact) mass is 213 g/mol. The number of rotatable bonds is 2. The number of carbonyl (C=O) groups is 1. The predicted molar refractivity (Wildman–Crippen MR) is 61.8 cm³/mol. The van der Waals surface area contributed by atoms with E-state index in [0.29, 0.717) is 6.54 Å². The Kier molecular flexibility index (Phi) is 4.11. The molecule has 0 aromatic carbocycles. The van der Waals surface area contributed by atoms with E-state index >= 15 is 0 Å². The van der Waals surface area contributed by atoms with Crippen LogP contribution in [0.4, 0.5) is 0 Å². The third-order valence-electron chi connectivity index (χ3n) is 2.78. The van der Waals surface area contributed by atoms with E-state index in [9.17, 15) is 4.79 Å². The molecule has 0 atom stereocenters. The zero-order valence-corrected chi connectivity index (χ0v) is 10.3. The molecular formula is C11H23N3O. The number of nitrogens with one attached hydrogen (secondary N) is 1. The molecule has 1 N–H and O–H groups in total. The van der Waals surface area contributed by atoms with Gasteiger partial charge < -0.3 is 15.1 Å². The van der Waals surface area contributed by atoms with Gasteiger partial charge in [-0.25, -0.2) is 0 Å². The quantitative estimate of drug-likeness (QED) is 0.709. The van der Waals surface area contributed by atoms with Gasteiger partial charge >= 0.3 is 0 Å². The fraction of sp³-hybridized carbons (Fsp3) is 0.909. The van der Waals surface area contributed by atoms with Gasteiger partial charge in [0.1, 0.15) is 0 Å². The van der Waals surface area contributed by atoms with E-state index in [1.54, 1.807) is 0 Å². The molecule has 0 aromatic heterocycles. The summed E-state index contributed by atoms with van der Waals surface area (Å²) in [5.74, 6) is 0.230. The summed E-state index contributed by atoms with van der Waals surface area (Å²) in [6.07, 6.45) is 1.04. The maximum Gasteiger partial charge on any atom is 0.237 e. The van der Waals surface area contributed by atoms with Crippen molar-refractivity contribution in [2.45, 2.75) is 25.8 Å². The summed E-state index contributed by atoms with van der Waals surface area (Å²) in [5.41, 5.74) is -0.0659. The highest BCUT2D eigenvalue weighted by molar-refractivity contribution is 5.79. The molecule has 15 heavy (non-hydrogen) atoms. The molecule has 0 spiro atoms. The van der Waals surface area contributed by atoms with Gasteiger partial charge in [-0.05, 0) is 40.9 Å². The van der Waals surface area contributed by atoms with Crippen LogP contribution in [0.2, 0.25) is 0 Å². The predicted octanol–water partition coefficient (Wildman–Crippen LogP) is 0.149. The summed E-state index contributed by atoms with van der Waals surface area (Å²) in [7, 11) is 3.86. The van der Waals surface area contributed by atoms with Gasteiger partial charge in [0.25, 0.3) is 0 Å². The van der Waals surface area contributed by atoms with Crippen LogP contribution < -0.4 is 5.32 Å². The molecule has 0 bridgehead atoms. The molecule has 0 aromatic rings. The van der Waals surface area contributed by atoms with E-state index in [1.807, 2.05) is 23.9 Å². The van der Waals surface area contributed by atoms with Crippen molar-refractivity contribution in [3.63, 3.8) is 0 Å². The topological polar surface area (TPSA) is 35.6 Å². The first-order valence-electron chi connectivity index (χ1n) is 5.59. The number of hydrogen-bond donors (Lipinski definition) is 1.